The zero-order chi connectivity index (χ0) is 22.3. The Balaban J connectivity index is 1.32. The summed E-state index contributed by atoms with van der Waals surface area (Å²) >= 11 is 0. The van der Waals surface area contributed by atoms with Gasteiger partial charge in [-0.3, -0.25) is 4.79 Å². The fraction of sp³-hybridized carbons (Fsp3) is 0.250. The normalized spacial score (nSPS) is 11.2. The van der Waals surface area contributed by atoms with Gasteiger partial charge in [0.15, 0.2) is 0 Å². The molecular formula is C28H31N3O. The maximum atomic E-state index is 12.5. The molecule has 4 rings (SSSR count). The summed E-state index contributed by atoms with van der Waals surface area (Å²) in [5, 5.41) is 4.36. The number of nitrogens with zero attached hydrogens (tertiary/aromatic N) is 1. The number of para-hydroxylation sites is 1. The lowest BCUT2D eigenvalue weighted by molar-refractivity contribution is -0.121. The third kappa shape index (κ3) is 5.45. The number of fused-ring (bicyclic) bond motifs is 1. The summed E-state index contributed by atoms with van der Waals surface area (Å²) in [7, 11) is 4.15. The van der Waals surface area contributed by atoms with Crippen molar-refractivity contribution in [2.24, 2.45) is 0 Å². The highest BCUT2D eigenvalue weighted by atomic mass is 16.1. The second kappa shape index (κ2) is 10.3. The summed E-state index contributed by atoms with van der Waals surface area (Å²) in [6.45, 7) is 1.47. The molecule has 32 heavy (non-hydrogen) atoms. The van der Waals surface area contributed by atoms with Crippen molar-refractivity contribution in [1.29, 1.82) is 0 Å². The first-order chi connectivity index (χ1) is 15.6. The van der Waals surface area contributed by atoms with Crippen LogP contribution in [-0.4, -0.2) is 29.9 Å². The number of aryl methyl sites for hydroxylation is 1. The lowest BCUT2D eigenvalue weighted by Crippen LogP contribution is -2.22. The van der Waals surface area contributed by atoms with Gasteiger partial charge in [-0.05, 0) is 60.8 Å². The van der Waals surface area contributed by atoms with Crippen molar-refractivity contribution in [1.82, 2.24) is 15.2 Å². The first-order valence-corrected chi connectivity index (χ1v) is 11.2. The van der Waals surface area contributed by atoms with Gasteiger partial charge in [0.2, 0.25) is 5.91 Å². The number of rotatable bonds is 9. The van der Waals surface area contributed by atoms with E-state index >= 15 is 0 Å². The van der Waals surface area contributed by atoms with Crippen LogP contribution < -0.4 is 5.32 Å². The first kappa shape index (κ1) is 21.8. The molecule has 0 atom stereocenters. The largest absolute Gasteiger partial charge is 0.361 e. The maximum absolute atomic E-state index is 12.5. The standard InChI is InChI=1S/C28H31N3O/c1-31(2)20-21-14-16-22(17-15-21)25-10-4-3-8-23(25)19-30-28(32)13-7-9-24-18-29-27-12-6-5-11-26(24)27/h3-6,8,10-12,14-18,29H,7,9,13,19-20H2,1-2H3,(H,30,32). The second-order valence-corrected chi connectivity index (χ2v) is 8.58. The van der Waals surface area contributed by atoms with Crippen LogP contribution in [0.2, 0.25) is 0 Å². The molecule has 1 heterocycles. The molecule has 0 unspecified atom stereocenters. The van der Waals surface area contributed by atoms with Gasteiger partial charge in [0.05, 0.1) is 0 Å². The van der Waals surface area contributed by atoms with Gasteiger partial charge >= 0.3 is 0 Å². The Bertz CT molecular complexity index is 1170. The van der Waals surface area contributed by atoms with Crippen LogP contribution in [0.4, 0.5) is 0 Å². The van der Waals surface area contributed by atoms with Crippen LogP contribution in [0.1, 0.15) is 29.5 Å². The number of aromatic amines is 1. The molecule has 0 fully saturated rings. The molecule has 2 N–H and O–H groups in total. The third-order valence-electron chi connectivity index (χ3n) is 5.78. The van der Waals surface area contributed by atoms with E-state index in [0.29, 0.717) is 13.0 Å². The summed E-state index contributed by atoms with van der Waals surface area (Å²) in [5.41, 5.74) is 7.20. The van der Waals surface area contributed by atoms with Crippen LogP contribution in [0.3, 0.4) is 0 Å². The number of H-pyrrole nitrogens is 1. The minimum absolute atomic E-state index is 0.0981. The van der Waals surface area contributed by atoms with Crippen LogP contribution in [0.25, 0.3) is 22.0 Å². The van der Waals surface area contributed by atoms with Crippen LogP contribution in [0, 0.1) is 0 Å². The highest BCUT2D eigenvalue weighted by Gasteiger charge is 2.08. The number of nitrogens with one attached hydrogen (secondary N) is 2. The highest BCUT2D eigenvalue weighted by molar-refractivity contribution is 5.83. The van der Waals surface area contributed by atoms with Gasteiger partial charge in [-0.2, -0.15) is 0 Å². The van der Waals surface area contributed by atoms with E-state index in [1.807, 2.05) is 12.1 Å². The summed E-state index contributed by atoms with van der Waals surface area (Å²) in [6.07, 6.45) is 4.32. The number of amides is 1. The summed E-state index contributed by atoms with van der Waals surface area (Å²) in [6, 6.07) is 25.3. The Labute approximate surface area is 190 Å². The predicted octanol–water partition coefficient (Wildman–Crippen LogP) is 5.54. The number of aromatic nitrogens is 1. The molecule has 3 aromatic carbocycles. The van der Waals surface area contributed by atoms with E-state index in [4.69, 9.17) is 0 Å². The van der Waals surface area contributed by atoms with Crippen LogP contribution in [0.5, 0.6) is 0 Å². The summed E-state index contributed by atoms with van der Waals surface area (Å²) < 4.78 is 0. The zero-order valence-electron chi connectivity index (χ0n) is 18.9. The molecule has 164 valence electrons. The van der Waals surface area contributed by atoms with E-state index in [9.17, 15) is 4.79 Å². The molecule has 4 nitrogen and oxygen atoms in total. The van der Waals surface area contributed by atoms with E-state index in [1.54, 1.807) is 0 Å². The van der Waals surface area contributed by atoms with Gasteiger partial charge < -0.3 is 15.2 Å². The fourth-order valence-corrected chi connectivity index (χ4v) is 4.17. The van der Waals surface area contributed by atoms with Gasteiger partial charge in [-0.25, -0.2) is 0 Å². The Kier molecular flexibility index (Phi) is 7.03. The van der Waals surface area contributed by atoms with Crippen molar-refractivity contribution < 1.29 is 4.79 Å². The van der Waals surface area contributed by atoms with Gasteiger partial charge in [0, 0.05) is 36.6 Å². The lowest BCUT2D eigenvalue weighted by Gasteiger charge is -2.13. The van der Waals surface area contributed by atoms with E-state index in [0.717, 1.165) is 30.5 Å². The van der Waals surface area contributed by atoms with Gasteiger partial charge in [-0.15, -0.1) is 0 Å². The average Bonchev–Trinajstić information content (AvgIpc) is 3.21. The van der Waals surface area contributed by atoms with E-state index < -0.39 is 0 Å². The van der Waals surface area contributed by atoms with Crippen LogP contribution in [-0.2, 0) is 24.3 Å². The predicted molar refractivity (Wildman–Crippen MR) is 132 cm³/mol. The molecule has 1 amide bonds. The minimum atomic E-state index is 0.0981. The monoisotopic (exact) mass is 425 g/mol. The molecule has 0 aliphatic heterocycles. The van der Waals surface area contributed by atoms with Crippen molar-refractivity contribution in [3.05, 3.63) is 95.7 Å². The van der Waals surface area contributed by atoms with E-state index in [2.05, 4.69) is 96.2 Å². The van der Waals surface area contributed by atoms with Crippen molar-refractivity contribution in [3.8, 4) is 11.1 Å². The molecule has 4 aromatic rings. The number of hydrogen-bond acceptors (Lipinski definition) is 2. The summed E-state index contributed by atoms with van der Waals surface area (Å²) in [5.74, 6) is 0.0981. The topological polar surface area (TPSA) is 48.1 Å². The molecule has 0 aliphatic carbocycles. The quantitative estimate of drug-likeness (QED) is 0.370. The van der Waals surface area contributed by atoms with Gasteiger partial charge in [0.25, 0.3) is 0 Å². The van der Waals surface area contributed by atoms with Crippen molar-refractivity contribution >= 4 is 16.8 Å². The van der Waals surface area contributed by atoms with E-state index in [-0.39, 0.29) is 5.91 Å². The molecule has 0 bridgehead atoms. The second-order valence-electron chi connectivity index (χ2n) is 8.58. The Morgan fingerprint density at radius 1 is 0.906 bits per heavy atom. The SMILES string of the molecule is CN(C)Cc1ccc(-c2ccccc2CNC(=O)CCCc2c[nH]c3ccccc23)cc1. The zero-order valence-corrected chi connectivity index (χ0v) is 18.9. The molecule has 0 saturated carbocycles. The number of carbonyl (C=O) groups excluding carboxylic acids is 1. The molecule has 0 radical (unpaired) electrons. The van der Waals surface area contributed by atoms with Crippen LogP contribution in [0.15, 0.2) is 79.0 Å². The molecule has 4 heteroatoms. The van der Waals surface area contributed by atoms with Gasteiger partial charge in [0.1, 0.15) is 0 Å². The smallest absolute Gasteiger partial charge is 0.220 e. The lowest BCUT2D eigenvalue weighted by atomic mass is 9.98. The first-order valence-electron chi connectivity index (χ1n) is 11.2. The summed E-state index contributed by atoms with van der Waals surface area (Å²) in [4.78, 5) is 17.9. The molecular weight excluding hydrogens is 394 g/mol. The van der Waals surface area contributed by atoms with E-state index in [1.165, 1.54) is 27.6 Å². The number of hydrogen-bond donors (Lipinski definition) is 2. The maximum Gasteiger partial charge on any atom is 0.220 e. The van der Waals surface area contributed by atoms with Crippen LogP contribution >= 0.6 is 0 Å². The molecule has 0 spiro atoms. The van der Waals surface area contributed by atoms with Crippen molar-refractivity contribution in [2.45, 2.75) is 32.4 Å². The molecule has 0 saturated heterocycles. The van der Waals surface area contributed by atoms with Crippen molar-refractivity contribution in [3.63, 3.8) is 0 Å². The average molecular weight is 426 g/mol. The Morgan fingerprint density at radius 2 is 1.66 bits per heavy atom. The van der Waals surface area contributed by atoms with Gasteiger partial charge in [-0.1, -0.05) is 66.7 Å². The van der Waals surface area contributed by atoms with Crippen molar-refractivity contribution in [2.75, 3.05) is 14.1 Å². The third-order valence-corrected chi connectivity index (χ3v) is 5.78. The molecule has 1 aromatic heterocycles. The minimum Gasteiger partial charge on any atom is -0.361 e. The Hall–Kier alpha value is -3.37. The highest BCUT2D eigenvalue weighted by Crippen LogP contribution is 2.24. The number of carbonyl (C=O) groups is 1. The fourth-order valence-electron chi connectivity index (χ4n) is 4.17. The number of benzene rings is 3. The molecule has 0 aliphatic rings. The Morgan fingerprint density at radius 3 is 2.47 bits per heavy atom.